The molecule has 0 amide bonds. The van der Waals surface area contributed by atoms with E-state index in [2.05, 4.69) is 20.8 Å². The molecular formula is C12H18O. The summed E-state index contributed by atoms with van der Waals surface area (Å²) in [5.41, 5.74) is 2.65. The molecule has 1 nitrogen and oxygen atoms in total. The van der Waals surface area contributed by atoms with Crippen molar-refractivity contribution in [2.75, 3.05) is 0 Å². The van der Waals surface area contributed by atoms with Crippen LogP contribution in [0.25, 0.3) is 0 Å². The average Bonchev–Trinajstić information content (AvgIpc) is 2.08. The maximum atomic E-state index is 9.35. The Bertz CT molecular complexity index is 276. The van der Waals surface area contributed by atoms with Gasteiger partial charge in [0, 0.05) is 0 Å². The summed E-state index contributed by atoms with van der Waals surface area (Å²) in [4.78, 5) is 0. The van der Waals surface area contributed by atoms with Gasteiger partial charge in [-0.3, -0.25) is 0 Å². The van der Waals surface area contributed by atoms with E-state index in [0.717, 1.165) is 12.8 Å². The predicted molar refractivity (Wildman–Crippen MR) is 56.2 cm³/mol. The standard InChI is InChI=1S/C12H18O/c1-4-5-10-6-7-11(13)8-12(10)9(2)3/h6-9,13H,4-5H2,1-3H3. The van der Waals surface area contributed by atoms with Gasteiger partial charge in [0.25, 0.3) is 0 Å². The smallest absolute Gasteiger partial charge is 0.115 e. The van der Waals surface area contributed by atoms with Gasteiger partial charge in [0.1, 0.15) is 5.75 Å². The fourth-order valence-electron chi connectivity index (χ4n) is 1.62. The van der Waals surface area contributed by atoms with Gasteiger partial charge in [-0.15, -0.1) is 0 Å². The Morgan fingerprint density at radius 1 is 1.31 bits per heavy atom. The molecule has 1 rings (SSSR count). The van der Waals surface area contributed by atoms with Crippen molar-refractivity contribution in [2.45, 2.75) is 39.5 Å². The lowest BCUT2D eigenvalue weighted by Gasteiger charge is -2.12. The minimum Gasteiger partial charge on any atom is -0.508 e. The van der Waals surface area contributed by atoms with Crippen LogP contribution >= 0.6 is 0 Å². The Morgan fingerprint density at radius 2 is 2.00 bits per heavy atom. The highest BCUT2D eigenvalue weighted by Gasteiger charge is 2.06. The molecule has 1 aromatic rings. The fourth-order valence-corrected chi connectivity index (χ4v) is 1.62. The number of benzene rings is 1. The van der Waals surface area contributed by atoms with Crippen LogP contribution < -0.4 is 0 Å². The Labute approximate surface area is 80.4 Å². The predicted octanol–water partition coefficient (Wildman–Crippen LogP) is 3.47. The Kier molecular flexibility index (Phi) is 3.35. The second kappa shape index (κ2) is 4.31. The Balaban J connectivity index is 3.03. The molecule has 0 atom stereocenters. The summed E-state index contributed by atoms with van der Waals surface area (Å²) in [6.45, 7) is 6.50. The van der Waals surface area contributed by atoms with Crippen molar-refractivity contribution < 1.29 is 5.11 Å². The van der Waals surface area contributed by atoms with Crippen molar-refractivity contribution in [3.8, 4) is 5.75 Å². The number of hydrogen-bond acceptors (Lipinski definition) is 1. The molecule has 0 spiro atoms. The lowest BCUT2D eigenvalue weighted by atomic mass is 9.94. The largest absolute Gasteiger partial charge is 0.508 e. The highest BCUT2D eigenvalue weighted by Crippen LogP contribution is 2.24. The van der Waals surface area contributed by atoms with Crippen LogP contribution in [-0.4, -0.2) is 5.11 Å². The monoisotopic (exact) mass is 178 g/mol. The number of aryl methyl sites for hydroxylation is 1. The van der Waals surface area contributed by atoms with Crippen LogP contribution in [0.4, 0.5) is 0 Å². The van der Waals surface area contributed by atoms with E-state index in [1.165, 1.54) is 11.1 Å². The van der Waals surface area contributed by atoms with Crippen molar-refractivity contribution in [3.63, 3.8) is 0 Å². The molecular weight excluding hydrogens is 160 g/mol. The maximum absolute atomic E-state index is 9.35. The lowest BCUT2D eigenvalue weighted by Crippen LogP contribution is -1.95. The molecule has 13 heavy (non-hydrogen) atoms. The molecule has 72 valence electrons. The summed E-state index contributed by atoms with van der Waals surface area (Å²) in [6, 6.07) is 5.70. The van der Waals surface area contributed by atoms with Gasteiger partial charge in [-0.05, 0) is 35.6 Å². The molecule has 0 bridgehead atoms. The first-order valence-electron chi connectivity index (χ1n) is 4.97. The van der Waals surface area contributed by atoms with Crippen LogP contribution in [-0.2, 0) is 6.42 Å². The fraction of sp³-hybridized carbons (Fsp3) is 0.500. The SMILES string of the molecule is CCCc1ccc(O)cc1C(C)C. The summed E-state index contributed by atoms with van der Waals surface area (Å²) in [5, 5.41) is 9.35. The van der Waals surface area contributed by atoms with Gasteiger partial charge in [-0.2, -0.15) is 0 Å². The third kappa shape index (κ3) is 2.48. The van der Waals surface area contributed by atoms with E-state index in [1.807, 2.05) is 12.1 Å². The highest BCUT2D eigenvalue weighted by molar-refractivity contribution is 5.36. The van der Waals surface area contributed by atoms with E-state index < -0.39 is 0 Å². The van der Waals surface area contributed by atoms with Crippen LogP contribution in [0.2, 0.25) is 0 Å². The van der Waals surface area contributed by atoms with Crippen LogP contribution in [0.3, 0.4) is 0 Å². The van der Waals surface area contributed by atoms with Gasteiger partial charge in [0.15, 0.2) is 0 Å². The van der Waals surface area contributed by atoms with Crippen molar-refractivity contribution in [1.82, 2.24) is 0 Å². The molecule has 1 N–H and O–H groups in total. The minimum atomic E-state index is 0.378. The van der Waals surface area contributed by atoms with Gasteiger partial charge in [-0.25, -0.2) is 0 Å². The molecule has 0 aliphatic carbocycles. The van der Waals surface area contributed by atoms with E-state index in [4.69, 9.17) is 0 Å². The molecule has 0 unspecified atom stereocenters. The lowest BCUT2D eigenvalue weighted by molar-refractivity contribution is 0.473. The first-order valence-corrected chi connectivity index (χ1v) is 4.97. The van der Waals surface area contributed by atoms with Crippen molar-refractivity contribution >= 4 is 0 Å². The van der Waals surface area contributed by atoms with Crippen molar-refractivity contribution in [2.24, 2.45) is 0 Å². The average molecular weight is 178 g/mol. The molecule has 0 aliphatic rings. The van der Waals surface area contributed by atoms with Crippen molar-refractivity contribution in [3.05, 3.63) is 29.3 Å². The molecule has 0 aromatic heterocycles. The van der Waals surface area contributed by atoms with Crippen LogP contribution in [0.15, 0.2) is 18.2 Å². The second-order valence-electron chi connectivity index (χ2n) is 3.79. The van der Waals surface area contributed by atoms with Gasteiger partial charge < -0.3 is 5.11 Å². The molecule has 0 aliphatic heterocycles. The number of phenolic OH excluding ortho intramolecular Hbond substituents is 1. The minimum absolute atomic E-state index is 0.378. The Morgan fingerprint density at radius 3 is 2.54 bits per heavy atom. The topological polar surface area (TPSA) is 20.2 Å². The van der Waals surface area contributed by atoms with E-state index in [9.17, 15) is 5.11 Å². The third-order valence-corrected chi connectivity index (χ3v) is 2.27. The Hall–Kier alpha value is -0.980. The number of phenols is 1. The second-order valence-corrected chi connectivity index (χ2v) is 3.79. The quantitative estimate of drug-likeness (QED) is 0.751. The van der Waals surface area contributed by atoms with Crippen LogP contribution in [0, 0.1) is 0 Å². The zero-order chi connectivity index (χ0) is 9.84. The first-order chi connectivity index (χ1) is 6.15. The van der Waals surface area contributed by atoms with Crippen LogP contribution in [0.5, 0.6) is 5.75 Å². The third-order valence-electron chi connectivity index (χ3n) is 2.27. The number of hydrogen-bond donors (Lipinski definition) is 1. The summed E-state index contributed by atoms with van der Waals surface area (Å²) in [6.07, 6.45) is 2.26. The summed E-state index contributed by atoms with van der Waals surface area (Å²) in [7, 11) is 0. The van der Waals surface area contributed by atoms with Gasteiger partial charge in [0.05, 0.1) is 0 Å². The molecule has 0 fully saturated rings. The first kappa shape index (κ1) is 10.1. The van der Waals surface area contributed by atoms with E-state index in [-0.39, 0.29) is 0 Å². The van der Waals surface area contributed by atoms with Gasteiger partial charge in [-0.1, -0.05) is 33.3 Å². The normalized spacial score (nSPS) is 10.8. The number of aromatic hydroxyl groups is 1. The molecule has 0 saturated heterocycles. The molecule has 0 heterocycles. The summed E-state index contributed by atoms with van der Waals surface area (Å²) >= 11 is 0. The van der Waals surface area contributed by atoms with E-state index in [0.29, 0.717) is 11.7 Å². The molecule has 0 radical (unpaired) electrons. The maximum Gasteiger partial charge on any atom is 0.115 e. The highest BCUT2D eigenvalue weighted by atomic mass is 16.3. The van der Waals surface area contributed by atoms with E-state index >= 15 is 0 Å². The van der Waals surface area contributed by atoms with Gasteiger partial charge in [0.2, 0.25) is 0 Å². The van der Waals surface area contributed by atoms with Crippen LogP contribution in [0.1, 0.15) is 44.2 Å². The van der Waals surface area contributed by atoms with E-state index in [1.54, 1.807) is 6.07 Å². The zero-order valence-electron chi connectivity index (χ0n) is 8.67. The van der Waals surface area contributed by atoms with Crippen molar-refractivity contribution in [1.29, 1.82) is 0 Å². The summed E-state index contributed by atoms with van der Waals surface area (Å²) in [5.74, 6) is 0.872. The van der Waals surface area contributed by atoms with Gasteiger partial charge >= 0.3 is 0 Å². The molecule has 1 heteroatoms. The molecule has 1 aromatic carbocycles. The molecule has 0 saturated carbocycles. The zero-order valence-corrected chi connectivity index (χ0v) is 8.67. The number of rotatable bonds is 3. The summed E-state index contributed by atoms with van der Waals surface area (Å²) < 4.78 is 0.